The molecule has 0 unspecified atom stereocenters. The average molecular weight is 260 g/mol. The van der Waals surface area contributed by atoms with Crippen molar-refractivity contribution in [1.82, 2.24) is 0 Å². The fourth-order valence-corrected chi connectivity index (χ4v) is 3.22. The quantitative estimate of drug-likeness (QED) is 0.472. The first kappa shape index (κ1) is 16.3. The number of allylic oxidation sites excluding steroid dienone is 5. The van der Waals surface area contributed by atoms with Crippen LogP contribution in [0.3, 0.4) is 0 Å². The van der Waals surface area contributed by atoms with Crippen molar-refractivity contribution in [2.75, 3.05) is 0 Å². The summed E-state index contributed by atoms with van der Waals surface area (Å²) < 4.78 is 0. The Bertz CT molecular complexity index is 377. The van der Waals surface area contributed by atoms with E-state index >= 15 is 0 Å². The lowest BCUT2D eigenvalue weighted by atomic mass is 9.71. The second kappa shape index (κ2) is 7.12. The van der Waals surface area contributed by atoms with Gasteiger partial charge in [-0.25, -0.2) is 0 Å². The highest BCUT2D eigenvalue weighted by Gasteiger charge is 2.27. The van der Waals surface area contributed by atoms with E-state index in [1.807, 2.05) is 0 Å². The summed E-state index contributed by atoms with van der Waals surface area (Å²) >= 11 is 0. The normalized spacial score (nSPS) is 19.7. The van der Waals surface area contributed by atoms with Crippen LogP contribution in [0.5, 0.6) is 0 Å². The lowest BCUT2D eigenvalue weighted by Gasteiger charge is -2.35. The standard InChI is InChI=1S/C19H32/c1-15(2)9-7-10-16(3)12-13-18-17(4)11-8-14-19(18,5)6/h10H,1,7-9,11-14H2,2-6H3/b16-10+. The summed E-state index contributed by atoms with van der Waals surface area (Å²) in [4.78, 5) is 0. The van der Waals surface area contributed by atoms with Gasteiger partial charge in [0.1, 0.15) is 0 Å². The molecule has 1 aliphatic carbocycles. The average Bonchev–Trinajstić information content (AvgIpc) is 2.26. The highest BCUT2D eigenvalue weighted by molar-refractivity contribution is 5.23. The molecule has 0 atom stereocenters. The molecule has 0 N–H and O–H groups in total. The molecule has 0 amide bonds. The Morgan fingerprint density at radius 2 is 1.95 bits per heavy atom. The van der Waals surface area contributed by atoms with Crippen molar-refractivity contribution in [2.45, 2.75) is 79.6 Å². The van der Waals surface area contributed by atoms with Gasteiger partial charge in [0.05, 0.1) is 0 Å². The Kier molecular flexibility index (Phi) is 6.10. The van der Waals surface area contributed by atoms with Crippen molar-refractivity contribution < 1.29 is 0 Å². The van der Waals surface area contributed by atoms with E-state index in [2.05, 4.69) is 47.3 Å². The first-order chi connectivity index (χ1) is 8.83. The SMILES string of the molecule is C=C(C)CC/C=C(\C)CCC1=C(C)CCCC1(C)C. The molecule has 1 rings (SSSR count). The second-order valence-corrected chi connectivity index (χ2v) is 7.04. The van der Waals surface area contributed by atoms with Crippen molar-refractivity contribution in [3.05, 3.63) is 34.9 Å². The molecular weight excluding hydrogens is 228 g/mol. The number of hydrogen-bond acceptors (Lipinski definition) is 0. The van der Waals surface area contributed by atoms with Crippen LogP contribution in [0.15, 0.2) is 34.9 Å². The molecule has 0 heteroatoms. The van der Waals surface area contributed by atoms with Crippen LogP contribution in [0.4, 0.5) is 0 Å². The first-order valence-corrected chi connectivity index (χ1v) is 7.82. The van der Waals surface area contributed by atoms with Gasteiger partial charge in [-0.15, -0.1) is 6.58 Å². The van der Waals surface area contributed by atoms with Gasteiger partial charge in [0.2, 0.25) is 0 Å². The van der Waals surface area contributed by atoms with Gasteiger partial charge >= 0.3 is 0 Å². The molecule has 108 valence electrons. The van der Waals surface area contributed by atoms with E-state index in [-0.39, 0.29) is 0 Å². The summed E-state index contributed by atoms with van der Waals surface area (Å²) in [6, 6.07) is 0. The molecule has 0 fully saturated rings. The maximum atomic E-state index is 3.96. The number of hydrogen-bond donors (Lipinski definition) is 0. The third kappa shape index (κ3) is 5.38. The molecule has 0 aliphatic heterocycles. The van der Waals surface area contributed by atoms with Gasteiger partial charge < -0.3 is 0 Å². The van der Waals surface area contributed by atoms with Gasteiger partial charge in [0, 0.05) is 0 Å². The molecule has 0 aromatic carbocycles. The van der Waals surface area contributed by atoms with Crippen molar-refractivity contribution in [3.8, 4) is 0 Å². The predicted octanol–water partition coefficient (Wildman–Crippen LogP) is 6.60. The lowest BCUT2D eigenvalue weighted by molar-refractivity contribution is 0.354. The maximum absolute atomic E-state index is 3.96. The minimum Gasteiger partial charge on any atom is -0.100 e. The fraction of sp³-hybridized carbons (Fsp3) is 0.684. The van der Waals surface area contributed by atoms with Crippen LogP contribution in [-0.2, 0) is 0 Å². The molecule has 0 aromatic heterocycles. The summed E-state index contributed by atoms with van der Waals surface area (Å²) in [7, 11) is 0. The molecule has 0 spiro atoms. The molecule has 0 aromatic rings. The van der Waals surface area contributed by atoms with Crippen molar-refractivity contribution in [2.24, 2.45) is 5.41 Å². The van der Waals surface area contributed by atoms with Crippen molar-refractivity contribution in [1.29, 1.82) is 0 Å². The largest absolute Gasteiger partial charge is 0.100 e. The Morgan fingerprint density at radius 1 is 1.26 bits per heavy atom. The smallest absolute Gasteiger partial charge is 0.0142 e. The van der Waals surface area contributed by atoms with Crippen LogP contribution in [-0.4, -0.2) is 0 Å². The lowest BCUT2D eigenvalue weighted by Crippen LogP contribution is -2.20. The predicted molar refractivity (Wildman–Crippen MR) is 87.4 cm³/mol. The van der Waals surface area contributed by atoms with E-state index in [0.717, 1.165) is 12.8 Å². The van der Waals surface area contributed by atoms with Crippen LogP contribution in [0, 0.1) is 5.41 Å². The summed E-state index contributed by atoms with van der Waals surface area (Å²) in [5.41, 5.74) is 6.65. The van der Waals surface area contributed by atoms with Gasteiger partial charge in [-0.1, -0.05) is 42.2 Å². The zero-order valence-electron chi connectivity index (χ0n) is 13.7. The zero-order chi connectivity index (χ0) is 14.5. The van der Waals surface area contributed by atoms with Gasteiger partial charge in [-0.3, -0.25) is 0 Å². The minimum absolute atomic E-state index is 0.431. The van der Waals surface area contributed by atoms with E-state index < -0.39 is 0 Å². The molecule has 19 heavy (non-hydrogen) atoms. The molecule has 0 radical (unpaired) electrons. The second-order valence-electron chi connectivity index (χ2n) is 7.04. The third-order valence-corrected chi connectivity index (χ3v) is 4.52. The Labute approximate surface area is 120 Å². The van der Waals surface area contributed by atoms with Gasteiger partial charge in [0.25, 0.3) is 0 Å². The number of rotatable bonds is 6. The van der Waals surface area contributed by atoms with Gasteiger partial charge in [0.15, 0.2) is 0 Å². The van der Waals surface area contributed by atoms with Gasteiger partial charge in [-0.05, 0) is 71.1 Å². The van der Waals surface area contributed by atoms with Crippen molar-refractivity contribution in [3.63, 3.8) is 0 Å². The first-order valence-electron chi connectivity index (χ1n) is 7.82. The van der Waals surface area contributed by atoms with E-state index in [0.29, 0.717) is 5.41 Å². The summed E-state index contributed by atoms with van der Waals surface area (Å²) in [5.74, 6) is 0. The molecule has 0 saturated heterocycles. The summed E-state index contributed by atoms with van der Waals surface area (Å²) in [6.45, 7) is 15.5. The van der Waals surface area contributed by atoms with Crippen LogP contribution in [0.25, 0.3) is 0 Å². The van der Waals surface area contributed by atoms with Gasteiger partial charge in [-0.2, -0.15) is 0 Å². The highest BCUT2D eigenvalue weighted by Crippen LogP contribution is 2.42. The van der Waals surface area contributed by atoms with E-state index in [9.17, 15) is 0 Å². The Morgan fingerprint density at radius 3 is 2.53 bits per heavy atom. The summed E-state index contributed by atoms with van der Waals surface area (Å²) in [6.07, 6.45) is 11.2. The topological polar surface area (TPSA) is 0 Å². The van der Waals surface area contributed by atoms with Crippen LogP contribution < -0.4 is 0 Å². The Hall–Kier alpha value is -0.780. The van der Waals surface area contributed by atoms with E-state index in [4.69, 9.17) is 0 Å². The molecule has 0 heterocycles. The van der Waals surface area contributed by atoms with Crippen molar-refractivity contribution >= 4 is 0 Å². The fourth-order valence-electron chi connectivity index (χ4n) is 3.22. The summed E-state index contributed by atoms with van der Waals surface area (Å²) in [5, 5.41) is 0. The van der Waals surface area contributed by atoms with Crippen LogP contribution >= 0.6 is 0 Å². The molecule has 0 nitrogen and oxygen atoms in total. The van der Waals surface area contributed by atoms with Crippen LogP contribution in [0.2, 0.25) is 0 Å². The third-order valence-electron chi connectivity index (χ3n) is 4.52. The van der Waals surface area contributed by atoms with E-state index in [1.54, 1.807) is 16.7 Å². The monoisotopic (exact) mass is 260 g/mol. The Balaban J connectivity index is 2.53. The van der Waals surface area contributed by atoms with Crippen LogP contribution in [0.1, 0.15) is 79.6 Å². The maximum Gasteiger partial charge on any atom is -0.0142 e. The molecule has 0 bridgehead atoms. The molecule has 0 saturated carbocycles. The zero-order valence-corrected chi connectivity index (χ0v) is 13.7. The van der Waals surface area contributed by atoms with E-state index in [1.165, 1.54) is 37.7 Å². The highest BCUT2D eigenvalue weighted by atomic mass is 14.3. The minimum atomic E-state index is 0.431. The molecular formula is C19H32. The molecule has 1 aliphatic rings.